The second-order valence-electron chi connectivity index (χ2n) is 6.80. The standard InChI is InChI=1S/C19H22Cl2N4O2/c1-12(2)27-16-6-5-14(10-15(16)20)22-19(26)13-4-3-9-25(11-13)18-8-7-17(21)23-24-18/h5-8,10,12-13H,3-4,9,11H2,1-2H3,(H,22,26)/t13-/m1/s1. The number of nitrogens with zero attached hydrogens (tertiary/aromatic N) is 3. The third-order valence-electron chi connectivity index (χ3n) is 4.30. The summed E-state index contributed by atoms with van der Waals surface area (Å²) in [4.78, 5) is 14.8. The third-order valence-corrected chi connectivity index (χ3v) is 4.79. The average Bonchev–Trinajstić information content (AvgIpc) is 2.64. The number of hydrogen-bond acceptors (Lipinski definition) is 5. The van der Waals surface area contributed by atoms with Crippen molar-refractivity contribution in [3.63, 3.8) is 0 Å². The number of anilines is 2. The van der Waals surface area contributed by atoms with E-state index in [1.807, 2.05) is 19.9 Å². The molecule has 2 heterocycles. The molecule has 8 heteroatoms. The van der Waals surface area contributed by atoms with E-state index in [4.69, 9.17) is 27.9 Å². The van der Waals surface area contributed by atoms with Crippen molar-refractivity contribution in [2.45, 2.75) is 32.8 Å². The number of aromatic nitrogens is 2. The lowest BCUT2D eigenvalue weighted by molar-refractivity contribution is -0.120. The predicted octanol–water partition coefficient (Wildman–Crippen LogP) is 4.43. The van der Waals surface area contributed by atoms with Crippen LogP contribution in [-0.2, 0) is 4.79 Å². The van der Waals surface area contributed by atoms with Crippen molar-refractivity contribution in [2.24, 2.45) is 5.92 Å². The normalized spacial score (nSPS) is 17.1. The van der Waals surface area contributed by atoms with Crippen LogP contribution in [0.1, 0.15) is 26.7 Å². The van der Waals surface area contributed by atoms with Gasteiger partial charge in [0.05, 0.1) is 17.0 Å². The molecule has 1 aromatic carbocycles. The number of nitrogens with one attached hydrogen (secondary N) is 1. The highest BCUT2D eigenvalue weighted by molar-refractivity contribution is 6.32. The highest BCUT2D eigenvalue weighted by Crippen LogP contribution is 2.29. The first kappa shape index (κ1) is 19.7. The molecule has 1 saturated heterocycles. The van der Waals surface area contributed by atoms with E-state index in [2.05, 4.69) is 20.4 Å². The number of rotatable bonds is 5. The zero-order valence-electron chi connectivity index (χ0n) is 15.3. The molecule has 1 aromatic heterocycles. The number of amides is 1. The molecule has 1 N–H and O–H groups in total. The van der Waals surface area contributed by atoms with Crippen LogP contribution in [0.4, 0.5) is 11.5 Å². The highest BCUT2D eigenvalue weighted by Gasteiger charge is 2.27. The van der Waals surface area contributed by atoms with E-state index in [0.29, 0.717) is 28.2 Å². The first-order chi connectivity index (χ1) is 12.9. The Balaban J connectivity index is 1.63. The lowest BCUT2D eigenvalue weighted by Gasteiger charge is -2.32. The number of piperidine rings is 1. The molecule has 3 rings (SSSR count). The summed E-state index contributed by atoms with van der Waals surface area (Å²) in [5.41, 5.74) is 0.657. The molecule has 1 atom stereocenters. The quantitative estimate of drug-likeness (QED) is 0.792. The fourth-order valence-electron chi connectivity index (χ4n) is 3.05. The number of benzene rings is 1. The number of halogens is 2. The minimum Gasteiger partial charge on any atom is -0.489 e. The molecule has 144 valence electrons. The van der Waals surface area contributed by atoms with Gasteiger partial charge in [-0.3, -0.25) is 4.79 Å². The Morgan fingerprint density at radius 3 is 2.74 bits per heavy atom. The Bertz CT molecular complexity index is 799. The van der Waals surface area contributed by atoms with E-state index in [1.54, 1.807) is 24.3 Å². The first-order valence-electron chi connectivity index (χ1n) is 8.93. The molecule has 2 aromatic rings. The summed E-state index contributed by atoms with van der Waals surface area (Å²) >= 11 is 12.0. The van der Waals surface area contributed by atoms with Gasteiger partial charge in [-0.25, -0.2) is 0 Å². The second-order valence-corrected chi connectivity index (χ2v) is 7.59. The molecule has 1 aliphatic rings. The van der Waals surface area contributed by atoms with Crippen LogP contribution in [-0.4, -0.2) is 35.3 Å². The van der Waals surface area contributed by atoms with E-state index in [9.17, 15) is 4.79 Å². The number of ether oxygens (including phenoxy) is 1. The molecule has 1 amide bonds. The van der Waals surface area contributed by atoms with Crippen LogP contribution in [0.5, 0.6) is 5.75 Å². The second kappa shape index (κ2) is 8.76. The summed E-state index contributed by atoms with van der Waals surface area (Å²) in [6.45, 7) is 5.30. The fourth-order valence-corrected chi connectivity index (χ4v) is 3.38. The maximum Gasteiger partial charge on any atom is 0.229 e. The fraction of sp³-hybridized carbons (Fsp3) is 0.421. The number of carbonyl (C=O) groups is 1. The Kier molecular flexibility index (Phi) is 6.39. The van der Waals surface area contributed by atoms with Gasteiger partial charge in [0, 0.05) is 18.8 Å². The molecule has 1 aliphatic heterocycles. The topological polar surface area (TPSA) is 67.3 Å². The van der Waals surface area contributed by atoms with Crippen molar-refractivity contribution in [1.29, 1.82) is 0 Å². The van der Waals surface area contributed by atoms with Crippen molar-refractivity contribution < 1.29 is 9.53 Å². The summed E-state index contributed by atoms with van der Waals surface area (Å²) in [6.07, 6.45) is 1.77. The van der Waals surface area contributed by atoms with Gasteiger partial charge in [0.1, 0.15) is 5.75 Å². The highest BCUT2D eigenvalue weighted by atomic mass is 35.5. The maximum absolute atomic E-state index is 12.7. The van der Waals surface area contributed by atoms with Crippen molar-refractivity contribution in [3.8, 4) is 5.75 Å². The Labute approximate surface area is 168 Å². The van der Waals surface area contributed by atoms with E-state index >= 15 is 0 Å². The Morgan fingerprint density at radius 2 is 2.07 bits per heavy atom. The van der Waals surface area contributed by atoms with Gasteiger partial charge in [0.25, 0.3) is 0 Å². The maximum atomic E-state index is 12.7. The number of hydrogen-bond donors (Lipinski definition) is 1. The van der Waals surface area contributed by atoms with Gasteiger partial charge in [-0.2, -0.15) is 0 Å². The molecule has 1 fully saturated rings. The van der Waals surface area contributed by atoms with E-state index < -0.39 is 0 Å². The van der Waals surface area contributed by atoms with Crippen molar-refractivity contribution in [2.75, 3.05) is 23.3 Å². The lowest BCUT2D eigenvalue weighted by Crippen LogP contribution is -2.41. The van der Waals surface area contributed by atoms with Gasteiger partial charge in [-0.05, 0) is 57.0 Å². The van der Waals surface area contributed by atoms with Gasteiger partial charge in [0.15, 0.2) is 11.0 Å². The first-order valence-corrected chi connectivity index (χ1v) is 9.69. The van der Waals surface area contributed by atoms with Gasteiger partial charge >= 0.3 is 0 Å². The summed E-state index contributed by atoms with van der Waals surface area (Å²) in [5.74, 6) is 1.17. The van der Waals surface area contributed by atoms with Gasteiger partial charge in [-0.15, -0.1) is 10.2 Å². The van der Waals surface area contributed by atoms with E-state index in [0.717, 1.165) is 25.2 Å². The summed E-state index contributed by atoms with van der Waals surface area (Å²) in [7, 11) is 0. The monoisotopic (exact) mass is 408 g/mol. The van der Waals surface area contributed by atoms with Crippen LogP contribution in [0.25, 0.3) is 0 Å². The minimum absolute atomic E-state index is 0.0322. The molecular formula is C19H22Cl2N4O2. The van der Waals surface area contributed by atoms with E-state index in [1.165, 1.54) is 0 Å². The molecular weight excluding hydrogens is 387 g/mol. The van der Waals surface area contributed by atoms with Gasteiger partial charge in [-0.1, -0.05) is 23.2 Å². The summed E-state index contributed by atoms with van der Waals surface area (Å²) < 4.78 is 5.62. The summed E-state index contributed by atoms with van der Waals surface area (Å²) in [6, 6.07) is 8.81. The molecule has 0 saturated carbocycles. The van der Waals surface area contributed by atoms with Crippen molar-refractivity contribution >= 4 is 40.6 Å². The molecule has 0 unspecified atom stereocenters. The zero-order valence-corrected chi connectivity index (χ0v) is 16.8. The average molecular weight is 409 g/mol. The zero-order chi connectivity index (χ0) is 19.4. The smallest absolute Gasteiger partial charge is 0.229 e. The molecule has 27 heavy (non-hydrogen) atoms. The molecule has 0 spiro atoms. The van der Waals surface area contributed by atoms with Crippen LogP contribution in [0.2, 0.25) is 10.2 Å². The van der Waals surface area contributed by atoms with Crippen LogP contribution in [0, 0.1) is 5.92 Å². The van der Waals surface area contributed by atoms with Crippen LogP contribution < -0.4 is 15.0 Å². The Hall–Kier alpha value is -2.05. The Morgan fingerprint density at radius 1 is 1.26 bits per heavy atom. The van der Waals surface area contributed by atoms with Gasteiger partial charge < -0.3 is 15.0 Å². The lowest BCUT2D eigenvalue weighted by atomic mass is 9.97. The molecule has 0 aliphatic carbocycles. The minimum atomic E-state index is -0.137. The van der Waals surface area contributed by atoms with Crippen LogP contribution in [0.3, 0.4) is 0 Å². The third kappa shape index (κ3) is 5.23. The molecule has 0 bridgehead atoms. The van der Waals surface area contributed by atoms with Crippen molar-refractivity contribution in [3.05, 3.63) is 40.5 Å². The molecule has 6 nitrogen and oxygen atoms in total. The summed E-state index contributed by atoms with van der Waals surface area (Å²) in [5, 5.41) is 11.8. The van der Waals surface area contributed by atoms with Gasteiger partial charge in [0.2, 0.25) is 5.91 Å². The van der Waals surface area contributed by atoms with Crippen LogP contribution >= 0.6 is 23.2 Å². The van der Waals surface area contributed by atoms with Crippen molar-refractivity contribution in [1.82, 2.24) is 10.2 Å². The van der Waals surface area contributed by atoms with Crippen LogP contribution in [0.15, 0.2) is 30.3 Å². The SMILES string of the molecule is CC(C)Oc1ccc(NC(=O)[C@@H]2CCCN(c3ccc(Cl)nn3)C2)cc1Cl. The largest absolute Gasteiger partial charge is 0.489 e. The van der Waals surface area contributed by atoms with E-state index in [-0.39, 0.29) is 17.9 Å². The molecule has 0 radical (unpaired) electrons. The number of carbonyl (C=O) groups excluding carboxylic acids is 1. The predicted molar refractivity (Wildman–Crippen MR) is 108 cm³/mol.